The molecule has 0 unspecified atom stereocenters. The van der Waals surface area contributed by atoms with Gasteiger partial charge in [0.25, 0.3) is 26.1 Å². The molecule has 6 aromatic rings. The Labute approximate surface area is 342 Å². The third-order valence-electron chi connectivity index (χ3n) is 8.67. The van der Waals surface area contributed by atoms with Gasteiger partial charge in [0.1, 0.15) is 44.9 Å². The molecule has 19 nitrogen and oxygen atoms in total. The van der Waals surface area contributed by atoms with Crippen LogP contribution < -0.4 is 25.3 Å². The number of hydrogen-bond acceptors (Lipinski definition) is 16. The summed E-state index contributed by atoms with van der Waals surface area (Å²) in [4.78, 5) is 11.7. The third-order valence-corrected chi connectivity index (χ3v) is 10.4. The third kappa shape index (κ3) is 9.51. The fraction of sp³-hybridized carbons (Fsp3) is 0.103. The molecule has 0 bridgehead atoms. The summed E-state index contributed by atoms with van der Waals surface area (Å²) in [7, 11) is -5.22. The highest BCUT2D eigenvalue weighted by atomic mass is 32.2. The van der Waals surface area contributed by atoms with E-state index >= 15 is 0 Å². The van der Waals surface area contributed by atoms with E-state index in [4.69, 9.17) is 19.9 Å². The number of nitrogens with zero attached hydrogens (tertiary/aromatic N) is 6. The molecule has 0 aliphatic heterocycles. The van der Waals surface area contributed by atoms with Crippen molar-refractivity contribution in [3.8, 4) is 23.0 Å². The van der Waals surface area contributed by atoms with Crippen LogP contribution in [0.2, 0.25) is 0 Å². The Morgan fingerprint density at radius 3 is 1.72 bits per heavy atom. The molecular weight excluding hydrogens is 821 g/mol. The average Bonchev–Trinajstić information content (AvgIpc) is 3.21. The lowest BCUT2D eigenvalue weighted by molar-refractivity contribution is 0.102. The van der Waals surface area contributed by atoms with Gasteiger partial charge >= 0.3 is 0 Å². The van der Waals surface area contributed by atoms with E-state index in [1.165, 1.54) is 88.1 Å². The second-order valence-electron chi connectivity index (χ2n) is 12.6. The van der Waals surface area contributed by atoms with Crippen molar-refractivity contribution in [3.63, 3.8) is 0 Å². The van der Waals surface area contributed by atoms with Gasteiger partial charge in [0.15, 0.2) is 5.75 Å². The molecule has 21 heteroatoms. The van der Waals surface area contributed by atoms with Crippen LogP contribution in [0.15, 0.2) is 138 Å². The summed E-state index contributed by atoms with van der Waals surface area (Å²) in [5, 5.41) is 39.3. The van der Waals surface area contributed by atoms with Gasteiger partial charge < -0.3 is 30.4 Å². The van der Waals surface area contributed by atoms with Gasteiger partial charge in [-0.15, -0.1) is 20.5 Å². The summed E-state index contributed by atoms with van der Waals surface area (Å²) < 4.78 is 83.6. The topological polar surface area (TPSA) is 286 Å². The molecular formula is C39H34N8O11S2. The Kier molecular flexibility index (Phi) is 12.2. The van der Waals surface area contributed by atoms with E-state index in [0.717, 1.165) is 6.07 Å². The number of ether oxygens (including phenoxy) is 3. The predicted molar refractivity (Wildman–Crippen MR) is 220 cm³/mol. The quantitative estimate of drug-likeness (QED) is 0.0412. The van der Waals surface area contributed by atoms with E-state index in [0.29, 0.717) is 33.9 Å². The van der Waals surface area contributed by atoms with Gasteiger partial charge in [-0.05, 0) is 96.7 Å². The van der Waals surface area contributed by atoms with Gasteiger partial charge in [-0.3, -0.25) is 13.9 Å². The van der Waals surface area contributed by atoms with Crippen LogP contribution >= 0.6 is 0 Å². The number of hydrogen-bond donors (Lipinski definition) is 5. The lowest BCUT2D eigenvalue weighted by atomic mass is 10.1. The maximum atomic E-state index is 12.8. The standard InChI is InChI=1S/C39H34N8O11S2/c1-21-15-30(33(56-2)18-29(21)43-42-25-9-12-27(13-10-25)59(50,51)52)44-45-31-19-35(58-4)32(20-34(31)57-3)46-47-37-36(60(53,54)55)17-23-16-26(11-14-28(23)38(37)48)41-39(49)22-5-7-24(40)8-6-22/h5-20,48H,40H2,1-4H3,(H,41,49)(H,50,51,52)(H,53,54,55). The number of aryl methyl sites for hydroxylation is 1. The van der Waals surface area contributed by atoms with Crippen LogP contribution in [0.25, 0.3) is 10.8 Å². The van der Waals surface area contributed by atoms with Crippen LogP contribution in [-0.2, 0) is 20.2 Å². The maximum absolute atomic E-state index is 12.8. The molecule has 0 aromatic heterocycles. The number of phenolic OH excluding ortho intramolecular Hbond substituents is 1. The number of nitrogens with two attached hydrogens (primary N) is 1. The number of benzene rings is 6. The van der Waals surface area contributed by atoms with Gasteiger partial charge in [-0.1, -0.05) is 0 Å². The number of nitrogen functional groups attached to an aromatic ring is 1. The summed E-state index contributed by atoms with van der Waals surface area (Å²) in [5.74, 6) is -0.579. The minimum atomic E-state index is -4.98. The molecule has 0 aliphatic rings. The Morgan fingerprint density at radius 2 is 1.17 bits per heavy atom. The summed E-state index contributed by atoms with van der Waals surface area (Å²) in [6.45, 7) is 1.75. The number of aromatic hydroxyl groups is 1. The number of nitrogens with one attached hydrogen (secondary N) is 1. The first-order chi connectivity index (χ1) is 28.5. The average molecular weight is 855 g/mol. The van der Waals surface area contributed by atoms with Crippen molar-refractivity contribution in [2.75, 3.05) is 32.4 Å². The molecule has 0 aliphatic carbocycles. The number of amides is 1. The van der Waals surface area contributed by atoms with Gasteiger partial charge in [0, 0.05) is 40.5 Å². The SMILES string of the molecule is COc1cc(N=Nc2ccc(S(=O)(=O)O)cc2)c(C)cc1N=Nc1cc(OC)c(N=Nc2c(S(=O)(=O)O)cc3cc(NC(=O)c4ccc(N)cc4)ccc3c2O)cc1OC. The Bertz CT molecular complexity index is 2960. The van der Waals surface area contributed by atoms with Crippen molar-refractivity contribution in [3.05, 3.63) is 108 Å². The van der Waals surface area contributed by atoms with Crippen LogP contribution in [0, 0.1) is 6.92 Å². The van der Waals surface area contributed by atoms with Gasteiger partial charge in [-0.2, -0.15) is 27.1 Å². The number of carbonyl (C=O) groups is 1. The number of methoxy groups -OCH3 is 3. The summed E-state index contributed by atoms with van der Waals surface area (Å²) >= 11 is 0. The first kappa shape index (κ1) is 42.3. The number of azo groups is 3. The normalized spacial score (nSPS) is 12.1. The predicted octanol–water partition coefficient (Wildman–Crippen LogP) is 9.45. The van der Waals surface area contributed by atoms with Crippen LogP contribution in [-0.4, -0.2) is 58.3 Å². The Balaban J connectivity index is 1.28. The highest BCUT2D eigenvalue weighted by Gasteiger charge is 2.23. The molecule has 0 spiro atoms. The molecule has 0 heterocycles. The number of phenols is 1. The molecule has 0 atom stereocenters. The maximum Gasteiger partial charge on any atom is 0.296 e. The molecule has 0 radical (unpaired) electrons. The second-order valence-corrected chi connectivity index (χ2v) is 15.4. The highest BCUT2D eigenvalue weighted by molar-refractivity contribution is 7.86. The molecule has 308 valence electrons. The van der Waals surface area contributed by atoms with Crippen LogP contribution in [0.4, 0.5) is 45.5 Å². The van der Waals surface area contributed by atoms with Crippen molar-refractivity contribution in [2.24, 2.45) is 30.7 Å². The smallest absolute Gasteiger partial charge is 0.296 e. The van der Waals surface area contributed by atoms with Crippen LogP contribution in [0.3, 0.4) is 0 Å². The second kappa shape index (κ2) is 17.3. The zero-order valence-corrected chi connectivity index (χ0v) is 33.6. The van der Waals surface area contributed by atoms with Crippen molar-refractivity contribution in [1.29, 1.82) is 0 Å². The molecule has 1 amide bonds. The van der Waals surface area contributed by atoms with Gasteiger partial charge in [0.05, 0.1) is 37.6 Å². The lowest BCUT2D eigenvalue weighted by Crippen LogP contribution is -2.11. The number of carbonyl (C=O) groups excluding carboxylic acids is 1. The monoisotopic (exact) mass is 854 g/mol. The minimum Gasteiger partial charge on any atom is -0.505 e. The minimum absolute atomic E-state index is 0.0191. The van der Waals surface area contributed by atoms with Crippen LogP contribution in [0.1, 0.15) is 15.9 Å². The summed E-state index contributed by atoms with van der Waals surface area (Å²) in [6, 6.07) is 22.8. The largest absolute Gasteiger partial charge is 0.505 e. The van der Waals surface area contributed by atoms with Gasteiger partial charge in [0.2, 0.25) is 0 Å². The van der Waals surface area contributed by atoms with Crippen molar-refractivity contribution < 1.29 is 50.1 Å². The summed E-state index contributed by atoms with van der Waals surface area (Å²) in [5.41, 5.74) is 8.06. The number of rotatable bonds is 13. The fourth-order valence-corrected chi connectivity index (χ4v) is 6.74. The highest BCUT2D eigenvalue weighted by Crippen LogP contribution is 2.45. The van der Waals surface area contributed by atoms with E-state index in [2.05, 4.69) is 36.0 Å². The number of fused-ring (bicyclic) bond motifs is 1. The zero-order chi connectivity index (χ0) is 43.4. The molecule has 6 rings (SSSR count). The van der Waals surface area contributed by atoms with Crippen molar-refractivity contribution >= 4 is 82.4 Å². The Hall–Kier alpha value is -7.33. The van der Waals surface area contributed by atoms with Crippen molar-refractivity contribution in [2.45, 2.75) is 16.7 Å². The van der Waals surface area contributed by atoms with E-state index in [1.807, 2.05) is 0 Å². The van der Waals surface area contributed by atoms with E-state index in [-0.39, 0.29) is 50.0 Å². The molecule has 6 N–H and O–H groups in total. The van der Waals surface area contributed by atoms with E-state index in [1.54, 1.807) is 31.2 Å². The fourth-order valence-electron chi connectivity index (χ4n) is 5.60. The zero-order valence-electron chi connectivity index (χ0n) is 31.9. The molecule has 60 heavy (non-hydrogen) atoms. The summed E-state index contributed by atoms with van der Waals surface area (Å²) in [6.07, 6.45) is 0. The van der Waals surface area contributed by atoms with Crippen molar-refractivity contribution in [1.82, 2.24) is 0 Å². The first-order valence-corrected chi connectivity index (χ1v) is 20.1. The van der Waals surface area contributed by atoms with E-state index in [9.17, 15) is 35.8 Å². The first-order valence-electron chi connectivity index (χ1n) is 17.2. The lowest BCUT2D eigenvalue weighted by Gasteiger charge is -2.12. The molecule has 0 saturated heterocycles. The Morgan fingerprint density at radius 1 is 0.633 bits per heavy atom. The van der Waals surface area contributed by atoms with Crippen LogP contribution in [0.5, 0.6) is 23.0 Å². The molecule has 0 fully saturated rings. The van der Waals surface area contributed by atoms with E-state index < -0.39 is 42.5 Å². The molecule has 0 saturated carbocycles. The molecule has 6 aromatic carbocycles. The van der Waals surface area contributed by atoms with Gasteiger partial charge in [-0.25, -0.2) is 0 Å². The number of anilines is 2.